The minimum Gasteiger partial charge on any atom is -0.503 e. The zero-order chi connectivity index (χ0) is 17.1. The predicted molar refractivity (Wildman–Crippen MR) is 94.5 cm³/mol. The van der Waals surface area contributed by atoms with Gasteiger partial charge in [-0.1, -0.05) is 24.0 Å². The molecule has 2 rings (SSSR count). The number of hydrogen-bond acceptors (Lipinski definition) is 6. The maximum atomic E-state index is 12.2. The summed E-state index contributed by atoms with van der Waals surface area (Å²) < 4.78 is 5.96. The SMILES string of the molecule is CCOc1cc(/C=C2/SC(=S)N(CC(=O)O)C2=O)cc(Br)c1O. The Bertz CT molecular complexity index is 719. The molecule has 122 valence electrons. The highest BCUT2D eigenvalue weighted by molar-refractivity contribution is 9.10. The number of aromatic hydroxyl groups is 1. The lowest BCUT2D eigenvalue weighted by atomic mass is 10.2. The van der Waals surface area contributed by atoms with Crippen LogP contribution in [0.1, 0.15) is 12.5 Å². The number of carboxylic acids is 1. The second-order valence-electron chi connectivity index (χ2n) is 4.44. The zero-order valence-corrected chi connectivity index (χ0v) is 15.1. The third-order valence-corrected chi connectivity index (χ3v) is 4.80. The van der Waals surface area contributed by atoms with Crippen molar-refractivity contribution in [3.63, 3.8) is 0 Å². The Morgan fingerprint density at radius 2 is 2.22 bits per heavy atom. The maximum Gasteiger partial charge on any atom is 0.323 e. The molecule has 0 bridgehead atoms. The first-order chi connectivity index (χ1) is 10.8. The first-order valence-corrected chi connectivity index (χ1v) is 8.47. The van der Waals surface area contributed by atoms with Crippen LogP contribution in [0.2, 0.25) is 0 Å². The molecule has 0 spiro atoms. The van der Waals surface area contributed by atoms with Gasteiger partial charge in [0.1, 0.15) is 10.9 Å². The number of carbonyl (C=O) groups excluding carboxylic acids is 1. The van der Waals surface area contributed by atoms with Crippen LogP contribution in [0.5, 0.6) is 11.5 Å². The average molecular weight is 418 g/mol. The smallest absolute Gasteiger partial charge is 0.323 e. The number of halogens is 1. The molecule has 1 aromatic carbocycles. The number of hydrogen-bond donors (Lipinski definition) is 2. The first kappa shape index (κ1) is 17.8. The number of carbonyl (C=O) groups is 2. The summed E-state index contributed by atoms with van der Waals surface area (Å²) in [5, 5.41) is 18.7. The summed E-state index contributed by atoms with van der Waals surface area (Å²) >= 11 is 9.29. The monoisotopic (exact) mass is 417 g/mol. The molecule has 9 heteroatoms. The molecule has 1 aromatic rings. The molecule has 0 aliphatic carbocycles. The molecule has 0 atom stereocenters. The van der Waals surface area contributed by atoms with Crippen LogP contribution in [-0.2, 0) is 9.59 Å². The fourth-order valence-electron chi connectivity index (χ4n) is 1.87. The fraction of sp³-hybridized carbons (Fsp3) is 0.214. The number of benzene rings is 1. The number of thiocarbonyl (C=S) groups is 1. The molecule has 1 fully saturated rings. The minimum atomic E-state index is -1.13. The Hall–Kier alpha value is -1.58. The molecule has 1 amide bonds. The molecular weight excluding hydrogens is 406 g/mol. The van der Waals surface area contributed by atoms with Crippen LogP contribution in [0.15, 0.2) is 21.5 Å². The Labute approximate surface area is 150 Å². The summed E-state index contributed by atoms with van der Waals surface area (Å²) in [7, 11) is 0. The molecule has 0 radical (unpaired) electrons. The van der Waals surface area contributed by atoms with E-state index in [1.165, 1.54) is 0 Å². The molecule has 0 aromatic heterocycles. The molecule has 1 aliphatic rings. The molecule has 2 N–H and O–H groups in total. The van der Waals surface area contributed by atoms with Crippen molar-refractivity contribution in [3.8, 4) is 11.5 Å². The third-order valence-electron chi connectivity index (χ3n) is 2.82. The van der Waals surface area contributed by atoms with Crippen molar-refractivity contribution in [1.82, 2.24) is 4.90 Å². The third kappa shape index (κ3) is 4.04. The summed E-state index contributed by atoms with van der Waals surface area (Å²) in [6.45, 7) is 1.70. The Morgan fingerprint density at radius 1 is 1.52 bits per heavy atom. The van der Waals surface area contributed by atoms with E-state index in [9.17, 15) is 14.7 Å². The van der Waals surface area contributed by atoms with Crippen LogP contribution < -0.4 is 4.74 Å². The number of phenols is 1. The van der Waals surface area contributed by atoms with E-state index < -0.39 is 18.4 Å². The van der Waals surface area contributed by atoms with Gasteiger partial charge in [-0.05, 0) is 46.6 Å². The van der Waals surface area contributed by atoms with Gasteiger partial charge in [-0.15, -0.1) is 0 Å². The molecule has 0 saturated carbocycles. The molecule has 23 heavy (non-hydrogen) atoms. The van der Waals surface area contributed by atoms with Crippen LogP contribution in [0.3, 0.4) is 0 Å². The van der Waals surface area contributed by atoms with E-state index in [0.717, 1.165) is 16.7 Å². The van der Waals surface area contributed by atoms with Gasteiger partial charge in [0, 0.05) is 0 Å². The molecule has 1 aliphatic heterocycles. The van der Waals surface area contributed by atoms with Crippen LogP contribution in [-0.4, -0.2) is 44.5 Å². The Kier molecular flexibility index (Phi) is 5.66. The minimum absolute atomic E-state index is 0.0255. The van der Waals surface area contributed by atoms with E-state index in [1.807, 2.05) is 0 Å². The van der Waals surface area contributed by atoms with Crippen LogP contribution in [0.25, 0.3) is 6.08 Å². The van der Waals surface area contributed by atoms with Gasteiger partial charge in [-0.25, -0.2) is 0 Å². The first-order valence-electron chi connectivity index (χ1n) is 6.46. The van der Waals surface area contributed by atoms with Crippen molar-refractivity contribution in [2.45, 2.75) is 6.92 Å². The second-order valence-corrected chi connectivity index (χ2v) is 6.97. The quantitative estimate of drug-likeness (QED) is 0.562. The van der Waals surface area contributed by atoms with E-state index in [0.29, 0.717) is 21.5 Å². The van der Waals surface area contributed by atoms with Crippen LogP contribution >= 0.6 is 39.9 Å². The number of thioether (sulfide) groups is 1. The molecule has 1 heterocycles. The van der Waals surface area contributed by atoms with Crippen molar-refractivity contribution in [3.05, 3.63) is 27.1 Å². The predicted octanol–water partition coefficient (Wildman–Crippen LogP) is 2.84. The van der Waals surface area contributed by atoms with Gasteiger partial charge in [0.15, 0.2) is 11.5 Å². The Balaban J connectivity index is 2.34. The summed E-state index contributed by atoms with van der Waals surface area (Å²) in [5.74, 6) is -1.32. The zero-order valence-electron chi connectivity index (χ0n) is 11.9. The van der Waals surface area contributed by atoms with E-state index >= 15 is 0 Å². The fourth-order valence-corrected chi connectivity index (χ4v) is 3.58. The van der Waals surface area contributed by atoms with Crippen LogP contribution in [0.4, 0.5) is 0 Å². The second kappa shape index (κ2) is 7.33. The van der Waals surface area contributed by atoms with Crippen molar-refractivity contribution < 1.29 is 24.5 Å². The van der Waals surface area contributed by atoms with E-state index in [2.05, 4.69) is 15.9 Å². The highest BCUT2D eigenvalue weighted by atomic mass is 79.9. The highest BCUT2D eigenvalue weighted by Gasteiger charge is 2.33. The van der Waals surface area contributed by atoms with Crippen LogP contribution in [0, 0.1) is 0 Å². The lowest BCUT2D eigenvalue weighted by Crippen LogP contribution is -2.33. The topological polar surface area (TPSA) is 87.1 Å². The van der Waals surface area contributed by atoms with Gasteiger partial charge in [0.2, 0.25) is 0 Å². The molecule has 1 saturated heterocycles. The van der Waals surface area contributed by atoms with Gasteiger partial charge in [0.05, 0.1) is 16.0 Å². The summed E-state index contributed by atoms with van der Waals surface area (Å²) in [6, 6.07) is 3.22. The number of ether oxygens (including phenoxy) is 1. The standard InChI is InChI=1S/C14H12BrNO5S2/c1-2-21-9-4-7(3-8(15)12(9)19)5-10-13(20)16(6-11(17)18)14(22)23-10/h3-5,19H,2,6H2,1H3,(H,17,18)/b10-5+. The Morgan fingerprint density at radius 3 is 2.83 bits per heavy atom. The van der Waals surface area contributed by atoms with E-state index in [-0.39, 0.29) is 15.8 Å². The molecular formula is C14H12BrNO5S2. The average Bonchev–Trinajstić information content (AvgIpc) is 2.72. The van der Waals surface area contributed by atoms with Crippen molar-refractivity contribution in [1.29, 1.82) is 0 Å². The molecule has 6 nitrogen and oxygen atoms in total. The lowest BCUT2D eigenvalue weighted by Gasteiger charge is -2.10. The summed E-state index contributed by atoms with van der Waals surface area (Å²) in [4.78, 5) is 24.3. The number of rotatable bonds is 5. The van der Waals surface area contributed by atoms with Gasteiger partial charge in [0.25, 0.3) is 5.91 Å². The van der Waals surface area contributed by atoms with Crippen molar-refractivity contribution in [2.24, 2.45) is 0 Å². The number of aliphatic carboxylic acids is 1. The van der Waals surface area contributed by atoms with Gasteiger partial charge >= 0.3 is 5.97 Å². The lowest BCUT2D eigenvalue weighted by molar-refractivity contribution is -0.140. The summed E-state index contributed by atoms with van der Waals surface area (Å²) in [5.41, 5.74) is 0.619. The normalized spacial score (nSPS) is 16.3. The van der Waals surface area contributed by atoms with Crippen molar-refractivity contribution in [2.75, 3.05) is 13.2 Å². The van der Waals surface area contributed by atoms with E-state index in [1.54, 1.807) is 25.1 Å². The van der Waals surface area contributed by atoms with Gasteiger partial charge < -0.3 is 14.9 Å². The van der Waals surface area contributed by atoms with Gasteiger partial charge in [-0.3, -0.25) is 14.5 Å². The van der Waals surface area contributed by atoms with Crippen molar-refractivity contribution >= 4 is 62.2 Å². The molecule has 0 unspecified atom stereocenters. The largest absolute Gasteiger partial charge is 0.503 e. The number of nitrogens with zero attached hydrogens (tertiary/aromatic N) is 1. The number of phenolic OH excluding ortho intramolecular Hbond substituents is 1. The number of carboxylic acid groups (broad SMARTS) is 1. The van der Waals surface area contributed by atoms with Gasteiger partial charge in [-0.2, -0.15) is 0 Å². The highest BCUT2D eigenvalue weighted by Crippen LogP contribution is 2.38. The maximum absolute atomic E-state index is 12.2. The summed E-state index contributed by atoms with van der Waals surface area (Å²) in [6.07, 6.45) is 1.58. The van der Waals surface area contributed by atoms with E-state index in [4.69, 9.17) is 22.1 Å². The number of amides is 1.